The molecule has 7 aromatic carbocycles. The first-order valence-corrected chi connectivity index (χ1v) is 17.2. The minimum absolute atomic E-state index is 0.561. The molecule has 6 heteroatoms. The fourth-order valence-electron chi connectivity index (χ4n) is 7.48. The number of pyridine rings is 1. The summed E-state index contributed by atoms with van der Waals surface area (Å²) in [5.41, 5.74) is 8.73. The summed E-state index contributed by atoms with van der Waals surface area (Å²) in [4.78, 5) is 20.4. The lowest BCUT2D eigenvalue weighted by Crippen LogP contribution is -2.00. The van der Waals surface area contributed by atoms with Crippen LogP contribution in [0.25, 0.3) is 111 Å². The van der Waals surface area contributed by atoms with Gasteiger partial charge in [-0.25, -0.2) is 19.9 Å². The highest BCUT2D eigenvalue weighted by molar-refractivity contribution is 6.28. The molecule has 0 unspecified atom stereocenters. The van der Waals surface area contributed by atoms with Crippen LogP contribution >= 0.6 is 0 Å². The number of benzene rings is 7. The van der Waals surface area contributed by atoms with Crippen molar-refractivity contribution in [3.8, 4) is 45.4 Å². The quantitative estimate of drug-likeness (QED) is 0.174. The lowest BCUT2D eigenvalue weighted by atomic mass is 9.95. The third-order valence-electron chi connectivity index (χ3n) is 9.91. The van der Waals surface area contributed by atoms with E-state index in [4.69, 9.17) is 28.8 Å². The number of rotatable bonds is 4. The van der Waals surface area contributed by atoms with Crippen molar-refractivity contribution in [1.29, 1.82) is 0 Å². The van der Waals surface area contributed by atoms with Gasteiger partial charge in [-0.05, 0) is 42.5 Å². The molecule has 4 heterocycles. The van der Waals surface area contributed by atoms with Crippen LogP contribution in [0.5, 0.6) is 0 Å². The average Bonchev–Trinajstić information content (AvgIpc) is 3.79. The summed E-state index contributed by atoms with van der Waals surface area (Å²) < 4.78 is 12.6. The van der Waals surface area contributed by atoms with Crippen LogP contribution < -0.4 is 0 Å². The third kappa shape index (κ3) is 4.44. The zero-order valence-corrected chi connectivity index (χ0v) is 27.6. The van der Waals surface area contributed by atoms with Crippen LogP contribution in [-0.4, -0.2) is 19.9 Å². The van der Waals surface area contributed by atoms with Crippen LogP contribution in [0.15, 0.2) is 167 Å². The van der Waals surface area contributed by atoms with Crippen molar-refractivity contribution in [2.45, 2.75) is 0 Å². The van der Waals surface area contributed by atoms with Crippen molar-refractivity contribution < 1.29 is 8.83 Å². The Bertz CT molecular complexity index is 3180. The van der Waals surface area contributed by atoms with Crippen molar-refractivity contribution >= 4 is 65.6 Å². The molecule has 0 radical (unpaired) electrons. The van der Waals surface area contributed by atoms with Gasteiger partial charge >= 0.3 is 0 Å². The van der Waals surface area contributed by atoms with Gasteiger partial charge in [-0.15, -0.1) is 0 Å². The molecule has 0 aliphatic heterocycles. The van der Waals surface area contributed by atoms with Gasteiger partial charge in [-0.2, -0.15) is 0 Å². The normalized spacial score (nSPS) is 11.8. The Balaban J connectivity index is 1.16. The Labute approximate surface area is 296 Å². The summed E-state index contributed by atoms with van der Waals surface area (Å²) in [6.07, 6.45) is 0. The largest absolute Gasteiger partial charge is 0.456 e. The van der Waals surface area contributed by atoms with Gasteiger partial charge in [-0.1, -0.05) is 115 Å². The molecule has 242 valence electrons. The molecule has 4 aromatic heterocycles. The molecular formula is C46H26N4O2. The van der Waals surface area contributed by atoms with Crippen LogP contribution in [0.4, 0.5) is 0 Å². The minimum Gasteiger partial charge on any atom is -0.456 e. The molecule has 0 N–H and O–H groups in total. The summed E-state index contributed by atoms with van der Waals surface area (Å²) in [6, 6.07) is 53.3. The number of furan rings is 2. The monoisotopic (exact) mass is 666 g/mol. The van der Waals surface area contributed by atoms with Crippen LogP contribution in [0.3, 0.4) is 0 Å². The molecule has 0 bridgehead atoms. The van der Waals surface area contributed by atoms with E-state index in [-0.39, 0.29) is 0 Å². The second-order valence-corrected chi connectivity index (χ2v) is 13.0. The lowest BCUT2D eigenvalue weighted by Gasteiger charge is -2.13. The molecule has 0 aliphatic carbocycles. The summed E-state index contributed by atoms with van der Waals surface area (Å²) in [5, 5.41) is 7.51. The maximum atomic E-state index is 6.35. The zero-order valence-electron chi connectivity index (χ0n) is 27.6. The van der Waals surface area contributed by atoms with Gasteiger partial charge in [0.2, 0.25) is 0 Å². The SMILES string of the molecule is c1ccc(-c2nc(-c3ccc4c(c3)nc(-c3ccccc3)c3ccc5oc6ccccc6c5c34)nc(-c3ccc4c(c3)oc3ccccc34)n2)cc1. The minimum atomic E-state index is 0.561. The molecule has 11 rings (SSSR count). The first-order chi connectivity index (χ1) is 25.7. The molecule has 6 nitrogen and oxygen atoms in total. The van der Waals surface area contributed by atoms with Crippen LogP contribution in [0.2, 0.25) is 0 Å². The van der Waals surface area contributed by atoms with Gasteiger partial charge in [-0.3, -0.25) is 0 Å². The van der Waals surface area contributed by atoms with Crippen molar-refractivity contribution in [2.24, 2.45) is 0 Å². The molecular weight excluding hydrogens is 641 g/mol. The van der Waals surface area contributed by atoms with Gasteiger partial charge in [0, 0.05) is 60.0 Å². The van der Waals surface area contributed by atoms with E-state index in [2.05, 4.69) is 84.9 Å². The third-order valence-corrected chi connectivity index (χ3v) is 9.91. The molecule has 0 aliphatic rings. The molecule has 0 spiro atoms. The molecule has 0 fully saturated rings. The fraction of sp³-hybridized carbons (Fsp3) is 0. The topological polar surface area (TPSA) is 77.8 Å². The van der Waals surface area contributed by atoms with E-state index in [1.165, 1.54) is 0 Å². The second-order valence-electron chi connectivity index (χ2n) is 13.0. The molecule has 0 saturated carbocycles. The van der Waals surface area contributed by atoms with E-state index < -0.39 is 0 Å². The van der Waals surface area contributed by atoms with Crippen LogP contribution in [-0.2, 0) is 0 Å². The van der Waals surface area contributed by atoms with Gasteiger partial charge in [0.15, 0.2) is 17.5 Å². The Morgan fingerprint density at radius 3 is 1.60 bits per heavy atom. The number of aromatic nitrogens is 4. The molecule has 52 heavy (non-hydrogen) atoms. The van der Waals surface area contributed by atoms with Crippen molar-refractivity contribution in [3.63, 3.8) is 0 Å². The fourth-order valence-corrected chi connectivity index (χ4v) is 7.48. The highest BCUT2D eigenvalue weighted by atomic mass is 16.3. The van der Waals surface area contributed by atoms with Crippen LogP contribution in [0, 0.1) is 0 Å². The molecule has 0 amide bonds. The van der Waals surface area contributed by atoms with Crippen molar-refractivity contribution in [1.82, 2.24) is 19.9 Å². The Kier molecular flexibility index (Phi) is 6.15. The number of hydrogen-bond donors (Lipinski definition) is 0. The maximum Gasteiger partial charge on any atom is 0.164 e. The molecule has 0 atom stereocenters. The predicted molar refractivity (Wildman–Crippen MR) is 209 cm³/mol. The Hall–Kier alpha value is -7.18. The summed E-state index contributed by atoms with van der Waals surface area (Å²) in [5.74, 6) is 1.72. The second kappa shape index (κ2) is 11.2. The summed E-state index contributed by atoms with van der Waals surface area (Å²) in [6.45, 7) is 0. The molecule has 0 saturated heterocycles. The van der Waals surface area contributed by atoms with Gasteiger partial charge in [0.05, 0.1) is 11.2 Å². The first kappa shape index (κ1) is 28.6. The highest BCUT2D eigenvalue weighted by Crippen LogP contribution is 2.42. The lowest BCUT2D eigenvalue weighted by molar-refractivity contribution is 0.668. The van der Waals surface area contributed by atoms with E-state index in [0.717, 1.165) is 93.5 Å². The number of para-hydroxylation sites is 2. The first-order valence-electron chi connectivity index (χ1n) is 17.2. The number of nitrogens with zero attached hydrogens (tertiary/aromatic N) is 4. The Morgan fingerprint density at radius 1 is 0.308 bits per heavy atom. The zero-order chi connectivity index (χ0) is 34.2. The van der Waals surface area contributed by atoms with Crippen LogP contribution in [0.1, 0.15) is 0 Å². The van der Waals surface area contributed by atoms with Gasteiger partial charge < -0.3 is 8.83 Å². The highest BCUT2D eigenvalue weighted by Gasteiger charge is 2.19. The summed E-state index contributed by atoms with van der Waals surface area (Å²) >= 11 is 0. The van der Waals surface area contributed by atoms with E-state index in [1.807, 2.05) is 72.8 Å². The maximum absolute atomic E-state index is 6.35. The number of fused-ring (bicyclic) bond motifs is 10. The summed E-state index contributed by atoms with van der Waals surface area (Å²) in [7, 11) is 0. The van der Waals surface area contributed by atoms with E-state index in [9.17, 15) is 0 Å². The van der Waals surface area contributed by atoms with Crippen molar-refractivity contribution in [2.75, 3.05) is 0 Å². The predicted octanol–water partition coefficient (Wildman–Crippen LogP) is 12.0. The van der Waals surface area contributed by atoms with Crippen molar-refractivity contribution in [3.05, 3.63) is 158 Å². The van der Waals surface area contributed by atoms with E-state index in [0.29, 0.717) is 17.5 Å². The number of hydrogen-bond acceptors (Lipinski definition) is 6. The van der Waals surface area contributed by atoms with Gasteiger partial charge in [0.25, 0.3) is 0 Å². The average molecular weight is 667 g/mol. The van der Waals surface area contributed by atoms with E-state index >= 15 is 0 Å². The van der Waals surface area contributed by atoms with Gasteiger partial charge in [0.1, 0.15) is 22.3 Å². The van der Waals surface area contributed by atoms with E-state index in [1.54, 1.807) is 0 Å². The smallest absolute Gasteiger partial charge is 0.164 e. The standard InChI is InChI=1S/C46H26N4O2/c1-3-11-27(12-4-1)43-35-23-24-39-42(34-16-8-10-18-38(34)51-39)41(35)33-22-20-29(25-36(33)47-43)45-48-44(28-13-5-2-6-14-28)49-46(50-45)30-19-21-32-31-15-7-9-17-37(31)52-40(32)26-30/h1-26H. The Morgan fingerprint density at radius 2 is 0.846 bits per heavy atom. The molecule has 11 aromatic rings.